The lowest BCUT2D eigenvalue weighted by Gasteiger charge is -2.32. The molecule has 0 atom stereocenters. The zero-order valence-electron chi connectivity index (χ0n) is 21.3. The molecule has 11 heteroatoms. The Kier molecular flexibility index (Phi) is 7.10. The van der Waals surface area contributed by atoms with Crippen molar-refractivity contribution in [1.29, 1.82) is 0 Å². The molecule has 0 saturated carbocycles. The van der Waals surface area contributed by atoms with Gasteiger partial charge in [0.2, 0.25) is 10.0 Å². The number of anilines is 1. The van der Waals surface area contributed by atoms with Crippen molar-refractivity contribution in [1.82, 2.24) is 24.2 Å². The third-order valence-electron chi connectivity index (χ3n) is 7.02. The summed E-state index contributed by atoms with van der Waals surface area (Å²) in [7, 11) is -3.14. The van der Waals surface area contributed by atoms with Crippen LogP contribution >= 0.6 is 11.3 Å². The lowest BCUT2D eigenvalue weighted by molar-refractivity contribution is 0.122. The number of benzene rings is 1. The van der Waals surface area contributed by atoms with Gasteiger partial charge in [-0.1, -0.05) is 30.3 Å². The monoisotopic (exact) mass is 550 g/mol. The van der Waals surface area contributed by atoms with E-state index in [-0.39, 0.29) is 0 Å². The molecule has 198 valence electrons. The number of hydrogen-bond acceptors (Lipinski definition) is 9. The SMILES string of the molecule is CS(=O)(=O)N1CCN(Cc2cc3c(N4CCOCC4)nc(-c4cncc(-c5ccccc5)c4)nc3s2)CC1. The van der Waals surface area contributed by atoms with Crippen LogP contribution < -0.4 is 4.90 Å². The molecule has 9 nitrogen and oxygen atoms in total. The summed E-state index contributed by atoms with van der Waals surface area (Å²) in [6.07, 6.45) is 4.97. The molecule has 2 aliphatic heterocycles. The first-order valence-corrected chi connectivity index (χ1v) is 15.4. The number of sulfonamides is 1. The van der Waals surface area contributed by atoms with Crippen molar-refractivity contribution in [3.63, 3.8) is 0 Å². The lowest BCUT2D eigenvalue weighted by atomic mass is 10.1. The minimum absolute atomic E-state index is 0.525. The molecule has 0 aliphatic carbocycles. The van der Waals surface area contributed by atoms with Gasteiger partial charge in [-0.3, -0.25) is 9.88 Å². The fourth-order valence-electron chi connectivity index (χ4n) is 4.97. The van der Waals surface area contributed by atoms with Gasteiger partial charge in [0.1, 0.15) is 10.6 Å². The highest BCUT2D eigenvalue weighted by Crippen LogP contribution is 2.35. The van der Waals surface area contributed by atoms with Gasteiger partial charge in [-0.05, 0) is 17.7 Å². The fraction of sp³-hybridized carbons (Fsp3) is 0.370. The maximum Gasteiger partial charge on any atom is 0.211 e. The topological polar surface area (TPSA) is 91.8 Å². The van der Waals surface area contributed by atoms with Gasteiger partial charge in [-0.25, -0.2) is 18.4 Å². The third-order valence-corrected chi connectivity index (χ3v) is 9.33. The first-order valence-electron chi connectivity index (χ1n) is 12.8. The van der Waals surface area contributed by atoms with Gasteiger partial charge in [0.15, 0.2) is 5.82 Å². The van der Waals surface area contributed by atoms with E-state index in [1.165, 1.54) is 11.1 Å². The van der Waals surface area contributed by atoms with Crippen LogP contribution in [0.4, 0.5) is 5.82 Å². The van der Waals surface area contributed by atoms with E-state index in [0.717, 1.165) is 52.4 Å². The quantitative estimate of drug-likeness (QED) is 0.361. The highest BCUT2D eigenvalue weighted by molar-refractivity contribution is 7.88. The number of ether oxygens (including phenoxy) is 1. The summed E-state index contributed by atoms with van der Waals surface area (Å²) in [6.45, 7) is 6.16. The largest absolute Gasteiger partial charge is 0.378 e. The molecule has 0 N–H and O–H groups in total. The summed E-state index contributed by atoms with van der Waals surface area (Å²) in [5.74, 6) is 1.60. The van der Waals surface area contributed by atoms with Crippen molar-refractivity contribution in [3.05, 3.63) is 59.7 Å². The van der Waals surface area contributed by atoms with E-state index in [1.54, 1.807) is 15.6 Å². The van der Waals surface area contributed by atoms with Crippen LogP contribution in [0.5, 0.6) is 0 Å². The zero-order valence-corrected chi connectivity index (χ0v) is 22.9. The van der Waals surface area contributed by atoms with E-state index >= 15 is 0 Å². The smallest absolute Gasteiger partial charge is 0.211 e. The standard InChI is InChI=1S/C27H30N6O3S2/c1-38(34,35)33-9-7-31(8-10-33)19-23-16-24-26(32-11-13-36-14-12-32)29-25(30-27(24)37-23)22-15-21(17-28-18-22)20-5-3-2-4-6-20/h2-6,15-18H,7-14,19H2,1H3. The number of rotatable bonds is 6. The molecule has 5 heterocycles. The molecule has 0 bridgehead atoms. The van der Waals surface area contributed by atoms with E-state index in [0.29, 0.717) is 45.2 Å². The fourth-order valence-corrected chi connectivity index (χ4v) is 6.86. The predicted octanol–water partition coefficient (Wildman–Crippen LogP) is 3.33. The molecule has 1 aromatic carbocycles. The van der Waals surface area contributed by atoms with Crippen LogP contribution in [-0.4, -0.2) is 91.3 Å². The number of thiophene rings is 1. The molecule has 0 spiro atoms. The maximum absolute atomic E-state index is 11.9. The van der Waals surface area contributed by atoms with E-state index in [4.69, 9.17) is 14.7 Å². The summed E-state index contributed by atoms with van der Waals surface area (Å²) in [5, 5.41) is 1.05. The van der Waals surface area contributed by atoms with Gasteiger partial charge in [0.25, 0.3) is 0 Å². The van der Waals surface area contributed by atoms with E-state index in [2.05, 4.69) is 39.0 Å². The molecular weight excluding hydrogens is 520 g/mol. The predicted molar refractivity (Wildman–Crippen MR) is 151 cm³/mol. The molecule has 2 aliphatic rings. The number of nitrogens with zero attached hydrogens (tertiary/aromatic N) is 6. The summed E-state index contributed by atoms with van der Waals surface area (Å²) in [6, 6.07) is 14.5. The van der Waals surface area contributed by atoms with Crippen molar-refractivity contribution < 1.29 is 13.2 Å². The van der Waals surface area contributed by atoms with E-state index in [1.807, 2.05) is 30.6 Å². The Hall–Kier alpha value is -2.96. The van der Waals surface area contributed by atoms with Crippen molar-refractivity contribution >= 4 is 37.4 Å². The van der Waals surface area contributed by atoms with Crippen LogP contribution in [0.2, 0.25) is 0 Å². The Balaban J connectivity index is 1.33. The van der Waals surface area contributed by atoms with Crippen molar-refractivity contribution in [2.75, 3.05) is 63.6 Å². The molecule has 38 heavy (non-hydrogen) atoms. The Labute approximate surface area is 226 Å². The van der Waals surface area contributed by atoms with Gasteiger partial charge >= 0.3 is 0 Å². The van der Waals surface area contributed by atoms with Crippen LogP contribution in [-0.2, 0) is 21.3 Å². The average molecular weight is 551 g/mol. The molecule has 3 aromatic heterocycles. The third kappa shape index (κ3) is 5.43. The maximum atomic E-state index is 11.9. The van der Waals surface area contributed by atoms with Crippen molar-refractivity contribution in [2.45, 2.75) is 6.54 Å². The van der Waals surface area contributed by atoms with Gasteiger partial charge in [0, 0.05) is 74.2 Å². The summed E-state index contributed by atoms with van der Waals surface area (Å²) in [5.41, 5.74) is 3.01. The highest BCUT2D eigenvalue weighted by Gasteiger charge is 2.25. The first kappa shape index (κ1) is 25.3. The van der Waals surface area contributed by atoms with E-state index in [9.17, 15) is 8.42 Å². The molecule has 2 fully saturated rings. The second kappa shape index (κ2) is 10.7. The average Bonchev–Trinajstić information content (AvgIpc) is 3.35. The minimum Gasteiger partial charge on any atom is -0.378 e. The number of hydrogen-bond donors (Lipinski definition) is 0. The van der Waals surface area contributed by atoms with E-state index < -0.39 is 10.0 Å². The number of morpholine rings is 1. The lowest BCUT2D eigenvalue weighted by Crippen LogP contribution is -2.47. The van der Waals surface area contributed by atoms with Crippen LogP contribution in [0, 0.1) is 0 Å². The summed E-state index contributed by atoms with van der Waals surface area (Å²) in [4.78, 5) is 21.3. The molecule has 4 aromatic rings. The minimum atomic E-state index is -3.14. The number of pyridine rings is 1. The van der Waals surface area contributed by atoms with Crippen LogP contribution in [0.3, 0.4) is 0 Å². The Bertz CT molecular complexity index is 1530. The molecule has 2 saturated heterocycles. The van der Waals surface area contributed by atoms with Gasteiger partial charge < -0.3 is 9.64 Å². The zero-order chi connectivity index (χ0) is 26.1. The van der Waals surface area contributed by atoms with Crippen LogP contribution in [0.25, 0.3) is 32.7 Å². The highest BCUT2D eigenvalue weighted by atomic mass is 32.2. The van der Waals surface area contributed by atoms with Gasteiger partial charge in [0.05, 0.1) is 24.9 Å². The van der Waals surface area contributed by atoms with Crippen molar-refractivity contribution in [3.8, 4) is 22.5 Å². The molecule has 0 radical (unpaired) electrons. The van der Waals surface area contributed by atoms with Crippen molar-refractivity contribution in [2.24, 2.45) is 0 Å². The number of fused-ring (bicyclic) bond motifs is 1. The summed E-state index contributed by atoms with van der Waals surface area (Å²) < 4.78 is 30.9. The first-order chi connectivity index (χ1) is 18.4. The Morgan fingerprint density at radius 3 is 2.37 bits per heavy atom. The molecule has 6 rings (SSSR count). The Morgan fingerprint density at radius 1 is 0.895 bits per heavy atom. The molecule has 0 amide bonds. The number of aromatic nitrogens is 3. The second-order valence-electron chi connectivity index (χ2n) is 9.67. The Morgan fingerprint density at radius 2 is 1.63 bits per heavy atom. The second-order valence-corrected chi connectivity index (χ2v) is 12.8. The van der Waals surface area contributed by atoms with Crippen LogP contribution in [0.1, 0.15) is 4.88 Å². The number of piperazine rings is 1. The van der Waals surface area contributed by atoms with Crippen LogP contribution in [0.15, 0.2) is 54.9 Å². The summed E-state index contributed by atoms with van der Waals surface area (Å²) >= 11 is 1.68. The van der Waals surface area contributed by atoms with Gasteiger partial charge in [-0.15, -0.1) is 11.3 Å². The molecule has 0 unspecified atom stereocenters. The normalized spacial score (nSPS) is 17.8. The van der Waals surface area contributed by atoms with Gasteiger partial charge in [-0.2, -0.15) is 4.31 Å². The molecular formula is C27H30N6O3S2.